The number of amides is 1. The zero-order valence-corrected chi connectivity index (χ0v) is 12.5. The second kappa shape index (κ2) is 8.20. The highest BCUT2D eigenvalue weighted by Gasteiger charge is 2.05. The molecule has 0 saturated heterocycles. The molecule has 0 aliphatic carbocycles. The highest BCUT2D eigenvalue weighted by molar-refractivity contribution is 5.83. The van der Waals surface area contributed by atoms with Crippen LogP contribution in [0.4, 0.5) is 0 Å². The van der Waals surface area contributed by atoms with Crippen LogP contribution in [0.15, 0.2) is 53.6 Å². The Kier molecular flexibility index (Phi) is 5.72. The molecule has 23 heavy (non-hydrogen) atoms. The van der Waals surface area contributed by atoms with Crippen molar-refractivity contribution in [1.82, 2.24) is 5.43 Å². The average molecular weight is 309 g/mol. The van der Waals surface area contributed by atoms with Gasteiger partial charge in [0, 0.05) is 0 Å². The predicted octanol–water partition coefficient (Wildman–Crippen LogP) is 2.10. The van der Waals surface area contributed by atoms with Crippen LogP contribution in [0.5, 0.6) is 11.5 Å². The van der Waals surface area contributed by atoms with Crippen molar-refractivity contribution >= 4 is 12.1 Å². The first-order valence-corrected chi connectivity index (χ1v) is 6.81. The fraction of sp³-hybridized carbons (Fsp3) is 0.118. The van der Waals surface area contributed by atoms with Crippen molar-refractivity contribution in [1.29, 1.82) is 5.26 Å². The number of hydrogen-bond acceptors (Lipinski definition) is 5. The first kappa shape index (κ1) is 16.0. The Morgan fingerprint density at radius 1 is 1.22 bits per heavy atom. The van der Waals surface area contributed by atoms with Crippen LogP contribution in [-0.2, 0) is 4.79 Å². The van der Waals surface area contributed by atoms with Gasteiger partial charge in [0.1, 0.15) is 0 Å². The Bertz CT molecular complexity index is 733. The number of nitrogens with one attached hydrogen (secondary N) is 1. The first-order chi connectivity index (χ1) is 11.2. The van der Waals surface area contributed by atoms with Crippen molar-refractivity contribution in [2.24, 2.45) is 5.10 Å². The van der Waals surface area contributed by atoms with E-state index in [1.54, 1.807) is 42.5 Å². The maximum Gasteiger partial charge on any atom is 0.277 e. The van der Waals surface area contributed by atoms with Crippen LogP contribution in [0, 0.1) is 11.3 Å². The van der Waals surface area contributed by atoms with Gasteiger partial charge in [0.15, 0.2) is 18.1 Å². The summed E-state index contributed by atoms with van der Waals surface area (Å²) in [4.78, 5) is 11.7. The summed E-state index contributed by atoms with van der Waals surface area (Å²) in [5, 5.41) is 12.5. The van der Waals surface area contributed by atoms with E-state index in [0.29, 0.717) is 17.1 Å². The minimum atomic E-state index is -0.388. The van der Waals surface area contributed by atoms with Gasteiger partial charge in [0.05, 0.1) is 25.0 Å². The van der Waals surface area contributed by atoms with Crippen LogP contribution >= 0.6 is 0 Å². The third kappa shape index (κ3) is 4.86. The molecule has 0 aliphatic rings. The van der Waals surface area contributed by atoms with Crippen LogP contribution in [0.3, 0.4) is 0 Å². The molecule has 0 unspecified atom stereocenters. The number of rotatable bonds is 6. The Morgan fingerprint density at radius 2 is 1.91 bits per heavy atom. The number of hydrazone groups is 1. The number of methoxy groups -OCH3 is 1. The number of hydrogen-bond donors (Lipinski definition) is 1. The van der Waals surface area contributed by atoms with Crippen molar-refractivity contribution in [2.45, 2.75) is 0 Å². The van der Waals surface area contributed by atoms with E-state index in [4.69, 9.17) is 14.7 Å². The lowest BCUT2D eigenvalue weighted by molar-refractivity contribution is -0.123. The molecular formula is C17H15N3O3. The molecule has 1 amide bonds. The van der Waals surface area contributed by atoms with Gasteiger partial charge in [-0.25, -0.2) is 5.43 Å². The van der Waals surface area contributed by atoms with E-state index in [1.807, 2.05) is 12.1 Å². The lowest BCUT2D eigenvalue weighted by Gasteiger charge is -2.09. The molecule has 0 aliphatic heterocycles. The van der Waals surface area contributed by atoms with Gasteiger partial charge in [-0.15, -0.1) is 0 Å². The summed E-state index contributed by atoms with van der Waals surface area (Å²) in [5.74, 6) is 0.656. The van der Waals surface area contributed by atoms with Gasteiger partial charge in [0.2, 0.25) is 0 Å². The molecule has 1 N–H and O–H groups in total. The molecule has 0 radical (unpaired) electrons. The van der Waals surface area contributed by atoms with E-state index in [1.165, 1.54) is 13.3 Å². The fourth-order valence-electron chi connectivity index (χ4n) is 1.74. The molecule has 0 atom stereocenters. The number of para-hydroxylation sites is 2. The normalized spacial score (nSPS) is 10.1. The quantitative estimate of drug-likeness (QED) is 0.654. The Balaban J connectivity index is 1.82. The smallest absolute Gasteiger partial charge is 0.277 e. The Morgan fingerprint density at radius 3 is 2.57 bits per heavy atom. The molecule has 0 aromatic heterocycles. The first-order valence-electron chi connectivity index (χ1n) is 6.81. The van der Waals surface area contributed by atoms with Gasteiger partial charge in [-0.2, -0.15) is 10.4 Å². The molecule has 2 aromatic rings. The number of nitriles is 1. The van der Waals surface area contributed by atoms with E-state index >= 15 is 0 Å². The lowest BCUT2D eigenvalue weighted by atomic mass is 10.2. The van der Waals surface area contributed by atoms with E-state index in [9.17, 15) is 4.79 Å². The number of ether oxygens (including phenoxy) is 2. The third-order valence-corrected chi connectivity index (χ3v) is 2.87. The van der Waals surface area contributed by atoms with Crippen LogP contribution < -0.4 is 14.9 Å². The fourth-order valence-corrected chi connectivity index (χ4v) is 1.74. The Hall–Kier alpha value is -3.33. The van der Waals surface area contributed by atoms with Crippen molar-refractivity contribution < 1.29 is 14.3 Å². The molecule has 6 nitrogen and oxygen atoms in total. The predicted molar refractivity (Wildman–Crippen MR) is 85.4 cm³/mol. The van der Waals surface area contributed by atoms with E-state index in [-0.39, 0.29) is 12.5 Å². The zero-order valence-electron chi connectivity index (χ0n) is 12.5. The van der Waals surface area contributed by atoms with Gasteiger partial charge in [0.25, 0.3) is 5.91 Å². The molecule has 0 bridgehead atoms. The van der Waals surface area contributed by atoms with Crippen LogP contribution in [0.1, 0.15) is 11.1 Å². The molecule has 0 heterocycles. The molecule has 6 heteroatoms. The van der Waals surface area contributed by atoms with Crippen LogP contribution in [-0.4, -0.2) is 25.8 Å². The van der Waals surface area contributed by atoms with Gasteiger partial charge >= 0.3 is 0 Å². The molecular weight excluding hydrogens is 294 g/mol. The maximum atomic E-state index is 11.7. The largest absolute Gasteiger partial charge is 0.493 e. The summed E-state index contributed by atoms with van der Waals surface area (Å²) in [5.41, 5.74) is 3.71. The highest BCUT2D eigenvalue weighted by atomic mass is 16.5. The van der Waals surface area contributed by atoms with Crippen molar-refractivity contribution in [3.8, 4) is 17.6 Å². The number of carbonyl (C=O) groups excluding carboxylic acids is 1. The summed E-state index contributed by atoms with van der Waals surface area (Å²) < 4.78 is 10.5. The Labute approximate surface area is 134 Å². The van der Waals surface area contributed by atoms with Crippen molar-refractivity contribution in [3.63, 3.8) is 0 Å². The van der Waals surface area contributed by atoms with Gasteiger partial charge < -0.3 is 9.47 Å². The van der Waals surface area contributed by atoms with Gasteiger partial charge in [-0.1, -0.05) is 24.3 Å². The minimum Gasteiger partial charge on any atom is -0.493 e. The van der Waals surface area contributed by atoms with Gasteiger partial charge in [-0.3, -0.25) is 4.79 Å². The van der Waals surface area contributed by atoms with Crippen LogP contribution in [0.25, 0.3) is 0 Å². The summed E-state index contributed by atoms with van der Waals surface area (Å²) >= 11 is 0. The van der Waals surface area contributed by atoms with Gasteiger partial charge in [-0.05, 0) is 29.8 Å². The molecule has 116 valence electrons. The van der Waals surface area contributed by atoms with Crippen molar-refractivity contribution in [2.75, 3.05) is 13.7 Å². The number of carbonyl (C=O) groups is 1. The lowest BCUT2D eigenvalue weighted by Crippen LogP contribution is -2.24. The SMILES string of the molecule is COc1ccccc1OCC(=O)NN=Cc1ccc(C#N)cc1. The molecule has 0 saturated carbocycles. The summed E-state index contributed by atoms with van der Waals surface area (Å²) in [6.45, 7) is -0.176. The summed E-state index contributed by atoms with van der Waals surface area (Å²) in [6, 6.07) is 15.9. The van der Waals surface area contributed by atoms with E-state index in [0.717, 1.165) is 5.56 Å². The topological polar surface area (TPSA) is 83.7 Å². The molecule has 0 spiro atoms. The minimum absolute atomic E-state index is 0.176. The second-order valence-corrected chi connectivity index (χ2v) is 4.47. The summed E-state index contributed by atoms with van der Waals surface area (Å²) in [6.07, 6.45) is 1.49. The standard InChI is InChI=1S/C17H15N3O3/c1-22-15-4-2-3-5-16(15)23-12-17(21)20-19-11-14-8-6-13(10-18)7-9-14/h2-9,11H,12H2,1H3,(H,20,21). The maximum absolute atomic E-state index is 11.7. The summed E-state index contributed by atoms with van der Waals surface area (Å²) in [7, 11) is 1.53. The van der Waals surface area contributed by atoms with Crippen molar-refractivity contribution in [3.05, 3.63) is 59.7 Å². The average Bonchev–Trinajstić information content (AvgIpc) is 2.60. The third-order valence-electron chi connectivity index (χ3n) is 2.87. The zero-order chi connectivity index (χ0) is 16.5. The number of nitrogens with zero attached hydrogens (tertiary/aromatic N) is 2. The van der Waals surface area contributed by atoms with E-state index in [2.05, 4.69) is 10.5 Å². The van der Waals surface area contributed by atoms with Crippen LogP contribution in [0.2, 0.25) is 0 Å². The number of benzene rings is 2. The second-order valence-electron chi connectivity index (χ2n) is 4.47. The monoisotopic (exact) mass is 309 g/mol. The molecule has 2 rings (SSSR count). The molecule has 0 fully saturated rings. The van der Waals surface area contributed by atoms with E-state index < -0.39 is 0 Å². The molecule has 2 aromatic carbocycles. The highest BCUT2D eigenvalue weighted by Crippen LogP contribution is 2.25.